The number of hydrogen-bond donors (Lipinski definition) is 1. The van der Waals surface area contributed by atoms with Crippen LogP contribution in [0.25, 0.3) is 0 Å². The first-order valence-electron chi connectivity index (χ1n) is 9.56. The van der Waals surface area contributed by atoms with Gasteiger partial charge < -0.3 is 10.1 Å². The molecule has 1 atom stereocenters. The molecule has 0 spiro atoms. The van der Waals surface area contributed by atoms with Crippen LogP contribution in [0.5, 0.6) is 5.75 Å². The Bertz CT molecular complexity index is 565. The average molecular weight is 344 g/mol. The van der Waals surface area contributed by atoms with Gasteiger partial charge in [-0.3, -0.25) is 4.90 Å². The Kier molecular flexibility index (Phi) is 7.74. The van der Waals surface area contributed by atoms with Crippen molar-refractivity contribution in [2.24, 2.45) is 5.92 Å². The molecule has 0 amide bonds. The number of rotatable bonds is 9. The fourth-order valence-corrected chi connectivity index (χ4v) is 3.45. The van der Waals surface area contributed by atoms with E-state index < -0.39 is 0 Å². The maximum absolute atomic E-state index is 8.56. The number of nitrogens with one attached hydrogen (secondary N) is 1. The van der Waals surface area contributed by atoms with Crippen LogP contribution in [0.3, 0.4) is 0 Å². The number of nitrogens with zero attached hydrogens (tertiary/aromatic N) is 2. The summed E-state index contributed by atoms with van der Waals surface area (Å²) in [6, 6.07) is 10.4. The van der Waals surface area contributed by atoms with Crippen molar-refractivity contribution >= 4 is 0 Å². The summed E-state index contributed by atoms with van der Waals surface area (Å²) in [6.07, 6.45) is 4.00. The number of likely N-dealkylation sites (tertiary alicyclic amines) is 1. The molecule has 4 nitrogen and oxygen atoms in total. The maximum atomic E-state index is 8.56. The van der Waals surface area contributed by atoms with Gasteiger partial charge >= 0.3 is 0 Å². The topological polar surface area (TPSA) is 48.3 Å². The van der Waals surface area contributed by atoms with Gasteiger partial charge in [-0.2, -0.15) is 5.26 Å². The lowest BCUT2D eigenvalue weighted by atomic mass is 9.93. The summed E-state index contributed by atoms with van der Waals surface area (Å²) in [5.74, 6) is 1.70. The molecular weight excluding hydrogens is 310 g/mol. The van der Waals surface area contributed by atoms with E-state index >= 15 is 0 Å². The van der Waals surface area contributed by atoms with E-state index in [1.54, 1.807) is 0 Å². The molecule has 0 aliphatic carbocycles. The van der Waals surface area contributed by atoms with E-state index in [4.69, 9.17) is 10.00 Å². The normalized spacial score (nSPS) is 18.7. The molecule has 2 rings (SSSR count). The van der Waals surface area contributed by atoms with Gasteiger partial charge in [0.1, 0.15) is 5.75 Å². The summed E-state index contributed by atoms with van der Waals surface area (Å²) >= 11 is 0. The third-order valence-electron chi connectivity index (χ3n) is 5.00. The lowest BCUT2D eigenvalue weighted by Crippen LogP contribution is -2.53. The van der Waals surface area contributed by atoms with Crippen molar-refractivity contribution in [1.29, 1.82) is 5.26 Å². The number of piperidine rings is 1. The van der Waals surface area contributed by atoms with Crippen molar-refractivity contribution in [1.82, 2.24) is 10.2 Å². The predicted molar refractivity (Wildman–Crippen MR) is 103 cm³/mol. The van der Waals surface area contributed by atoms with E-state index in [9.17, 15) is 0 Å². The SMILES string of the molecule is CC1CCCN(C(C)(C)CNCc2cccc(OCCCC#N)c2)C1. The van der Waals surface area contributed by atoms with E-state index in [1.807, 2.05) is 12.1 Å². The summed E-state index contributed by atoms with van der Waals surface area (Å²) in [4.78, 5) is 2.63. The van der Waals surface area contributed by atoms with E-state index in [2.05, 4.69) is 49.2 Å². The molecule has 1 unspecified atom stereocenters. The van der Waals surface area contributed by atoms with Crippen LogP contribution in [0.2, 0.25) is 0 Å². The molecule has 0 aromatic heterocycles. The van der Waals surface area contributed by atoms with E-state index in [0.29, 0.717) is 13.0 Å². The molecular formula is C21H33N3O. The minimum Gasteiger partial charge on any atom is -0.494 e. The summed E-state index contributed by atoms with van der Waals surface area (Å²) in [6.45, 7) is 11.9. The molecule has 0 saturated carbocycles. The molecule has 1 N–H and O–H groups in total. The Morgan fingerprint density at radius 1 is 1.40 bits per heavy atom. The Balaban J connectivity index is 1.77. The second-order valence-corrected chi connectivity index (χ2v) is 7.87. The minimum absolute atomic E-state index is 0.181. The van der Waals surface area contributed by atoms with Gasteiger partial charge in [0, 0.05) is 31.6 Å². The second kappa shape index (κ2) is 9.79. The summed E-state index contributed by atoms with van der Waals surface area (Å²) in [5.41, 5.74) is 1.42. The fourth-order valence-electron chi connectivity index (χ4n) is 3.45. The molecule has 1 aliphatic rings. The minimum atomic E-state index is 0.181. The second-order valence-electron chi connectivity index (χ2n) is 7.87. The van der Waals surface area contributed by atoms with Crippen LogP contribution >= 0.6 is 0 Å². The zero-order valence-corrected chi connectivity index (χ0v) is 16.1. The lowest BCUT2D eigenvalue weighted by molar-refractivity contribution is 0.0706. The summed E-state index contributed by atoms with van der Waals surface area (Å²) in [5, 5.41) is 12.2. The van der Waals surface area contributed by atoms with Gasteiger partial charge in [-0.15, -0.1) is 0 Å². The number of unbranched alkanes of at least 4 members (excludes halogenated alkanes) is 1. The third-order valence-corrected chi connectivity index (χ3v) is 5.00. The first kappa shape index (κ1) is 19.8. The Morgan fingerprint density at radius 3 is 3.00 bits per heavy atom. The molecule has 1 aromatic carbocycles. The molecule has 0 bridgehead atoms. The van der Waals surface area contributed by atoms with Crippen LogP contribution in [0.4, 0.5) is 0 Å². The highest BCUT2D eigenvalue weighted by Gasteiger charge is 2.29. The van der Waals surface area contributed by atoms with Gasteiger partial charge in [0.15, 0.2) is 0 Å². The third kappa shape index (κ3) is 6.68. The predicted octanol–water partition coefficient (Wildman–Crippen LogP) is 3.97. The molecule has 138 valence electrons. The van der Waals surface area contributed by atoms with E-state index in [0.717, 1.165) is 31.2 Å². The molecule has 0 radical (unpaired) electrons. The van der Waals surface area contributed by atoms with Gasteiger partial charge in [-0.1, -0.05) is 19.1 Å². The highest BCUT2D eigenvalue weighted by molar-refractivity contribution is 5.28. The average Bonchev–Trinajstić information content (AvgIpc) is 2.59. The van der Waals surface area contributed by atoms with Gasteiger partial charge in [-0.05, 0) is 63.3 Å². The van der Waals surface area contributed by atoms with E-state index in [-0.39, 0.29) is 5.54 Å². The van der Waals surface area contributed by atoms with Crippen LogP contribution in [0.15, 0.2) is 24.3 Å². The molecule has 25 heavy (non-hydrogen) atoms. The van der Waals surface area contributed by atoms with Crippen LogP contribution in [0.1, 0.15) is 52.0 Å². The Labute approximate surface area is 153 Å². The van der Waals surface area contributed by atoms with Gasteiger partial charge in [0.25, 0.3) is 0 Å². The maximum Gasteiger partial charge on any atom is 0.119 e. The lowest BCUT2D eigenvalue weighted by Gasteiger charge is -2.43. The van der Waals surface area contributed by atoms with Crippen molar-refractivity contribution < 1.29 is 4.74 Å². The molecule has 1 aliphatic heterocycles. The van der Waals surface area contributed by atoms with Crippen molar-refractivity contribution in [3.63, 3.8) is 0 Å². The standard InChI is InChI=1S/C21H33N3O/c1-18-8-7-12-24(16-18)21(2,3)17-23-15-19-9-6-10-20(14-19)25-13-5-4-11-22/h6,9-10,14,18,23H,4-5,7-8,12-13,15-17H2,1-3H3. The smallest absolute Gasteiger partial charge is 0.119 e. The van der Waals surface area contributed by atoms with Crippen LogP contribution in [-0.4, -0.2) is 36.7 Å². The van der Waals surface area contributed by atoms with Crippen LogP contribution < -0.4 is 10.1 Å². The largest absolute Gasteiger partial charge is 0.494 e. The Hall–Kier alpha value is -1.57. The van der Waals surface area contributed by atoms with E-state index in [1.165, 1.54) is 31.5 Å². The van der Waals surface area contributed by atoms with Crippen LogP contribution in [-0.2, 0) is 6.54 Å². The molecule has 1 saturated heterocycles. The van der Waals surface area contributed by atoms with Gasteiger partial charge in [-0.25, -0.2) is 0 Å². The fraction of sp³-hybridized carbons (Fsp3) is 0.667. The number of benzene rings is 1. The zero-order chi connectivity index (χ0) is 18.1. The molecule has 4 heteroatoms. The van der Waals surface area contributed by atoms with Crippen LogP contribution in [0, 0.1) is 17.2 Å². The first-order chi connectivity index (χ1) is 12.0. The van der Waals surface area contributed by atoms with Crippen molar-refractivity contribution in [2.45, 2.75) is 58.5 Å². The molecule has 1 aromatic rings. The Morgan fingerprint density at radius 2 is 2.24 bits per heavy atom. The van der Waals surface area contributed by atoms with Gasteiger partial charge in [0.05, 0.1) is 12.7 Å². The van der Waals surface area contributed by atoms with Crippen molar-refractivity contribution in [3.8, 4) is 11.8 Å². The summed E-state index contributed by atoms with van der Waals surface area (Å²) in [7, 11) is 0. The number of hydrogen-bond acceptors (Lipinski definition) is 4. The number of ether oxygens (including phenoxy) is 1. The highest BCUT2D eigenvalue weighted by Crippen LogP contribution is 2.23. The molecule has 1 fully saturated rings. The quantitative estimate of drug-likeness (QED) is 0.689. The summed E-state index contributed by atoms with van der Waals surface area (Å²) < 4.78 is 5.72. The first-order valence-corrected chi connectivity index (χ1v) is 9.56. The molecule has 1 heterocycles. The zero-order valence-electron chi connectivity index (χ0n) is 16.1. The van der Waals surface area contributed by atoms with Gasteiger partial charge in [0.2, 0.25) is 0 Å². The van der Waals surface area contributed by atoms with Crippen molar-refractivity contribution in [3.05, 3.63) is 29.8 Å². The highest BCUT2D eigenvalue weighted by atomic mass is 16.5. The monoisotopic (exact) mass is 343 g/mol. The van der Waals surface area contributed by atoms with Crippen molar-refractivity contribution in [2.75, 3.05) is 26.2 Å². The number of nitriles is 1.